The average molecular weight is 354 g/mol. The van der Waals surface area contributed by atoms with Crippen LogP contribution in [0.5, 0.6) is 0 Å². The van der Waals surface area contributed by atoms with Crippen molar-refractivity contribution in [3.05, 3.63) is 29.3 Å². The quantitative estimate of drug-likeness (QED) is 0.420. The molecule has 1 aromatic rings. The highest BCUT2D eigenvalue weighted by atomic mass is 35.5. The van der Waals surface area contributed by atoms with Crippen LogP contribution in [-0.4, -0.2) is 70.4 Å². The summed E-state index contributed by atoms with van der Waals surface area (Å²) in [4.78, 5) is 9.19. The molecule has 2 rings (SSSR count). The van der Waals surface area contributed by atoms with Gasteiger partial charge in [-0.25, -0.2) is 0 Å². The summed E-state index contributed by atoms with van der Waals surface area (Å²) in [5.41, 5.74) is 6.99. The Balaban J connectivity index is 1.62. The lowest BCUT2D eigenvalue weighted by atomic mass is 10.2. The van der Waals surface area contributed by atoms with Crippen molar-refractivity contribution < 1.29 is 4.74 Å². The maximum absolute atomic E-state index is 6.07. The fourth-order valence-corrected chi connectivity index (χ4v) is 2.92. The molecule has 0 radical (unpaired) electrons. The molecular weight excluding hydrogens is 326 g/mol. The second-order valence-electron chi connectivity index (χ2n) is 5.85. The summed E-state index contributed by atoms with van der Waals surface area (Å²) >= 11 is 6.07. The Morgan fingerprint density at radius 2 is 2.12 bits per heavy atom. The van der Waals surface area contributed by atoms with E-state index in [0.717, 1.165) is 50.7 Å². The van der Waals surface area contributed by atoms with E-state index < -0.39 is 0 Å². The number of aliphatic imine (C=N–C) groups is 1. The predicted octanol–water partition coefficient (Wildman–Crippen LogP) is 1.40. The summed E-state index contributed by atoms with van der Waals surface area (Å²) in [5, 5.41) is 3.82. The van der Waals surface area contributed by atoms with E-state index in [2.05, 4.69) is 26.2 Å². The smallest absolute Gasteiger partial charge is 0.188 e. The molecule has 0 amide bonds. The predicted molar refractivity (Wildman–Crippen MR) is 101 cm³/mol. The summed E-state index contributed by atoms with van der Waals surface area (Å²) in [6.07, 6.45) is 1.02. The third-order valence-electron chi connectivity index (χ3n) is 4.07. The normalized spacial score (nSPS) is 16.4. The van der Waals surface area contributed by atoms with Crippen molar-refractivity contribution in [3.8, 4) is 0 Å². The summed E-state index contributed by atoms with van der Waals surface area (Å²) in [5.74, 6) is 0.498. The zero-order valence-corrected chi connectivity index (χ0v) is 15.1. The molecule has 1 fully saturated rings. The zero-order valence-electron chi connectivity index (χ0n) is 14.4. The summed E-state index contributed by atoms with van der Waals surface area (Å²) < 4.78 is 4.95. The van der Waals surface area contributed by atoms with Gasteiger partial charge < -0.3 is 20.7 Å². The van der Waals surface area contributed by atoms with Gasteiger partial charge in [0.1, 0.15) is 0 Å². The van der Waals surface area contributed by atoms with Crippen molar-refractivity contribution in [2.75, 3.05) is 64.4 Å². The number of halogens is 1. The van der Waals surface area contributed by atoms with Crippen LogP contribution in [0.3, 0.4) is 0 Å². The Labute approximate surface area is 149 Å². The number of guanidine groups is 1. The van der Waals surface area contributed by atoms with E-state index in [4.69, 9.17) is 22.1 Å². The first kappa shape index (κ1) is 18.8. The average Bonchev–Trinajstić information content (AvgIpc) is 2.59. The lowest BCUT2D eigenvalue weighted by molar-refractivity contribution is 0.204. The van der Waals surface area contributed by atoms with Crippen molar-refractivity contribution >= 4 is 23.2 Å². The first-order valence-corrected chi connectivity index (χ1v) is 8.82. The van der Waals surface area contributed by atoms with Gasteiger partial charge in [-0.15, -0.1) is 0 Å². The number of anilines is 1. The molecule has 0 unspecified atom stereocenters. The Morgan fingerprint density at radius 1 is 1.33 bits per heavy atom. The van der Waals surface area contributed by atoms with Gasteiger partial charge in [-0.3, -0.25) is 9.89 Å². The fraction of sp³-hybridized carbons (Fsp3) is 0.588. The SMILES string of the molecule is COCCNC(N)=NCCCN1CCN(c2cccc(Cl)c2)CC1. The molecule has 6 nitrogen and oxygen atoms in total. The van der Waals surface area contributed by atoms with Gasteiger partial charge in [-0.05, 0) is 24.6 Å². The van der Waals surface area contributed by atoms with E-state index >= 15 is 0 Å². The van der Waals surface area contributed by atoms with Crippen molar-refractivity contribution in [2.24, 2.45) is 10.7 Å². The second kappa shape index (κ2) is 10.4. The molecule has 24 heavy (non-hydrogen) atoms. The van der Waals surface area contributed by atoms with Crippen LogP contribution in [0.1, 0.15) is 6.42 Å². The van der Waals surface area contributed by atoms with Crippen LogP contribution in [-0.2, 0) is 4.74 Å². The van der Waals surface area contributed by atoms with Crippen LogP contribution in [0.2, 0.25) is 5.02 Å². The monoisotopic (exact) mass is 353 g/mol. The van der Waals surface area contributed by atoms with Crippen LogP contribution in [0.4, 0.5) is 5.69 Å². The maximum atomic E-state index is 6.07. The summed E-state index contributed by atoms with van der Waals surface area (Å²) in [6, 6.07) is 8.08. The third-order valence-corrected chi connectivity index (χ3v) is 4.31. The largest absolute Gasteiger partial charge is 0.383 e. The lowest BCUT2D eigenvalue weighted by Crippen LogP contribution is -2.46. The van der Waals surface area contributed by atoms with Crippen LogP contribution in [0.25, 0.3) is 0 Å². The van der Waals surface area contributed by atoms with E-state index in [1.165, 1.54) is 5.69 Å². The van der Waals surface area contributed by atoms with Gasteiger partial charge in [0.2, 0.25) is 0 Å². The fourth-order valence-electron chi connectivity index (χ4n) is 2.73. The van der Waals surface area contributed by atoms with Gasteiger partial charge in [0, 0.05) is 63.6 Å². The molecular formula is C17H28ClN5O. The number of nitrogens with two attached hydrogens (primary N) is 1. The molecule has 1 aromatic carbocycles. The molecule has 0 aromatic heterocycles. The van der Waals surface area contributed by atoms with Crippen molar-refractivity contribution in [1.29, 1.82) is 0 Å². The van der Waals surface area contributed by atoms with E-state index in [1.54, 1.807) is 7.11 Å². The van der Waals surface area contributed by atoms with E-state index in [1.807, 2.05) is 18.2 Å². The number of rotatable bonds is 8. The molecule has 1 aliphatic heterocycles. The number of hydrogen-bond donors (Lipinski definition) is 2. The number of nitrogens with one attached hydrogen (secondary N) is 1. The van der Waals surface area contributed by atoms with Crippen molar-refractivity contribution in [3.63, 3.8) is 0 Å². The highest BCUT2D eigenvalue weighted by Crippen LogP contribution is 2.20. The standard InChI is InChI=1S/C17H28ClN5O/c1-24-13-7-21-17(19)20-6-3-8-22-9-11-23(12-10-22)16-5-2-4-15(18)14-16/h2,4-5,14H,3,6-13H2,1H3,(H3,19,20,21). The summed E-state index contributed by atoms with van der Waals surface area (Å²) in [6.45, 7) is 7.33. The molecule has 1 aliphatic rings. The van der Waals surface area contributed by atoms with Crippen LogP contribution in [0, 0.1) is 0 Å². The number of piperazine rings is 1. The number of ether oxygens (including phenoxy) is 1. The molecule has 0 saturated carbocycles. The second-order valence-corrected chi connectivity index (χ2v) is 6.29. The minimum absolute atomic E-state index is 0.498. The highest BCUT2D eigenvalue weighted by molar-refractivity contribution is 6.30. The van der Waals surface area contributed by atoms with E-state index in [0.29, 0.717) is 19.1 Å². The number of benzene rings is 1. The third kappa shape index (κ3) is 6.55. The Bertz CT molecular complexity index is 517. The molecule has 0 atom stereocenters. The first-order chi connectivity index (χ1) is 11.7. The highest BCUT2D eigenvalue weighted by Gasteiger charge is 2.16. The van der Waals surface area contributed by atoms with Crippen molar-refractivity contribution in [1.82, 2.24) is 10.2 Å². The molecule has 1 saturated heterocycles. The van der Waals surface area contributed by atoms with Gasteiger partial charge in [0.15, 0.2) is 5.96 Å². The molecule has 134 valence electrons. The van der Waals surface area contributed by atoms with Gasteiger partial charge in [-0.1, -0.05) is 17.7 Å². The molecule has 7 heteroatoms. The summed E-state index contributed by atoms with van der Waals surface area (Å²) in [7, 11) is 1.67. The number of methoxy groups -OCH3 is 1. The molecule has 3 N–H and O–H groups in total. The topological polar surface area (TPSA) is 66.1 Å². The van der Waals surface area contributed by atoms with Gasteiger partial charge in [0.25, 0.3) is 0 Å². The molecule has 0 aliphatic carbocycles. The zero-order chi connectivity index (χ0) is 17.2. The van der Waals surface area contributed by atoms with Crippen LogP contribution >= 0.6 is 11.6 Å². The van der Waals surface area contributed by atoms with Gasteiger partial charge in [-0.2, -0.15) is 0 Å². The van der Waals surface area contributed by atoms with Gasteiger partial charge in [0.05, 0.1) is 6.61 Å². The molecule has 0 spiro atoms. The molecule has 0 bridgehead atoms. The lowest BCUT2D eigenvalue weighted by Gasteiger charge is -2.36. The van der Waals surface area contributed by atoms with Crippen LogP contribution in [0.15, 0.2) is 29.3 Å². The van der Waals surface area contributed by atoms with Crippen LogP contribution < -0.4 is 16.0 Å². The Hall–Kier alpha value is -1.50. The first-order valence-electron chi connectivity index (χ1n) is 8.44. The maximum Gasteiger partial charge on any atom is 0.188 e. The minimum Gasteiger partial charge on any atom is -0.383 e. The van der Waals surface area contributed by atoms with E-state index in [9.17, 15) is 0 Å². The number of hydrogen-bond acceptors (Lipinski definition) is 4. The Morgan fingerprint density at radius 3 is 2.83 bits per heavy atom. The van der Waals surface area contributed by atoms with Crippen molar-refractivity contribution in [2.45, 2.75) is 6.42 Å². The molecule has 1 heterocycles. The minimum atomic E-state index is 0.498. The number of nitrogens with zero attached hydrogens (tertiary/aromatic N) is 3. The van der Waals surface area contributed by atoms with Gasteiger partial charge >= 0.3 is 0 Å². The van der Waals surface area contributed by atoms with E-state index in [-0.39, 0.29) is 0 Å². The Kier molecular flexibility index (Phi) is 8.15.